The molecule has 0 saturated carbocycles. The SMILES string of the molecule is O=C(Nc1nc(-c2ccc(Cl)cc2)cs1)c1ccnc(Cl)c1. The van der Waals surface area contributed by atoms with Crippen LogP contribution in [0.3, 0.4) is 0 Å². The number of hydrogen-bond donors (Lipinski definition) is 1. The lowest BCUT2D eigenvalue weighted by Gasteiger charge is -2.01. The minimum absolute atomic E-state index is 0.272. The van der Waals surface area contributed by atoms with Gasteiger partial charge in [-0.1, -0.05) is 35.3 Å². The Labute approximate surface area is 140 Å². The van der Waals surface area contributed by atoms with Crippen LogP contribution in [0.15, 0.2) is 48.0 Å². The third-order valence-electron chi connectivity index (χ3n) is 2.85. The molecule has 0 spiro atoms. The molecule has 4 nitrogen and oxygen atoms in total. The molecule has 2 heterocycles. The molecule has 1 amide bonds. The highest BCUT2D eigenvalue weighted by atomic mass is 35.5. The van der Waals surface area contributed by atoms with E-state index >= 15 is 0 Å². The monoisotopic (exact) mass is 349 g/mol. The minimum Gasteiger partial charge on any atom is -0.298 e. The topological polar surface area (TPSA) is 54.9 Å². The maximum Gasteiger partial charge on any atom is 0.257 e. The maximum absolute atomic E-state index is 12.1. The van der Waals surface area contributed by atoms with Crippen LogP contribution in [0.2, 0.25) is 10.2 Å². The predicted molar refractivity (Wildman–Crippen MR) is 89.8 cm³/mol. The molecule has 3 aromatic rings. The molecule has 3 rings (SSSR count). The lowest BCUT2D eigenvalue weighted by Crippen LogP contribution is -2.11. The number of pyridine rings is 1. The van der Waals surface area contributed by atoms with Gasteiger partial charge < -0.3 is 0 Å². The normalized spacial score (nSPS) is 10.5. The molecule has 7 heteroatoms. The average molecular weight is 350 g/mol. The number of thiazole rings is 1. The maximum atomic E-state index is 12.1. The van der Waals surface area contributed by atoms with Crippen LogP contribution >= 0.6 is 34.5 Å². The van der Waals surface area contributed by atoms with Crippen LogP contribution in [0.25, 0.3) is 11.3 Å². The lowest BCUT2D eigenvalue weighted by molar-refractivity contribution is 0.102. The van der Waals surface area contributed by atoms with Crippen LogP contribution < -0.4 is 5.32 Å². The fraction of sp³-hybridized carbons (Fsp3) is 0. The number of carbonyl (C=O) groups excluding carboxylic acids is 1. The third kappa shape index (κ3) is 3.44. The number of rotatable bonds is 3. The summed E-state index contributed by atoms with van der Waals surface area (Å²) in [5, 5.41) is 6.07. The number of amides is 1. The van der Waals surface area contributed by atoms with E-state index in [1.54, 1.807) is 18.2 Å². The predicted octanol–water partition coefficient (Wildman–Crippen LogP) is 4.76. The fourth-order valence-electron chi connectivity index (χ4n) is 1.80. The van der Waals surface area contributed by atoms with Gasteiger partial charge in [0, 0.05) is 27.7 Å². The highest BCUT2D eigenvalue weighted by molar-refractivity contribution is 7.14. The van der Waals surface area contributed by atoms with E-state index in [9.17, 15) is 4.79 Å². The van der Waals surface area contributed by atoms with Crippen molar-refractivity contribution in [1.29, 1.82) is 0 Å². The van der Waals surface area contributed by atoms with E-state index in [-0.39, 0.29) is 11.1 Å². The first kappa shape index (κ1) is 15.0. The van der Waals surface area contributed by atoms with Gasteiger partial charge in [-0.25, -0.2) is 9.97 Å². The molecule has 0 atom stereocenters. The second-order valence-corrected chi connectivity index (χ2v) is 6.05. The van der Waals surface area contributed by atoms with Gasteiger partial charge in [-0.2, -0.15) is 0 Å². The van der Waals surface area contributed by atoms with Gasteiger partial charge in [-0.05, 0) is 24.3 Å². The molecule has 110 valence electrons. The van der Waals surface area contributed by atoms with Gasteiger partial charge in [-0.3, -0.25) is 10.1 Å². The molecule has 0 radical (unpaired) electrons. The van der Waals surface area contributed by atoms with Crippen molar-refractivity contribution in [3.05, 3.63) is 63.7 Å². The second-order valence-electron chi connectivity index (χ2n) is 4.37. The van der Waals surface area contributed by atoms with Crippen LogP contribution in [0.5, 0.6) is 0 Å². The molecular weight excluding hydrogens is 341 g/mol. The zero-order valence-electron chi connectivity index (χ0n) is 11.1. The largest absolute Gasteiger partial charge is 0.298 e. The van der Waals surface area contributed by atoms with Crippen molar-refractivity contribution in [3.8, 4) is 11.3 Å². The van der Waals surface area contributed by atoms with E-state index in [0.29, 0.717) is 15.7 Å². The van der Waals surface area contributed by atoms with Crippen molar-refractivity contribution < 1.29 is 4.79 Å². The van der Waals surface area contributed by atoms with E-state index in [1.807, 2.05) is 17.5 Å². The van der Waals surface area contributed by atoms with Crippen molar-refractivity contribution in [3.63, 3.8) is 0 Å². The summed E-state index contributed by atoms with van der Waals surface area (Å²) in [6, 6.07) is 10.5. The molecule has 0 unspecified atom stereocenters. The number of nitrogens with one attached hydrogen (secondary N) is 1. The van der Waals surface area contributed by atoms with Crippen LogP contribution in [0.1, 0.15) is 10.4 Å². The highest BCUT2D eigenvalue weighted by Gasteiger charge is 2.10. The Hall–Kier alpha value is -1.95. The van der Waals surface area contributed by atoms with E-state index in [2.05, 4.69) is 15.3 Å². The summed E-state index contributed by atoms with van der Waals surface area (Å²) in [5.74, 6) is -0.277. The smallest absolute Gasteiger partial charge is 0.257 e. The summed E-state index contributed by atoms with van der Waals surface area (Å²) >= 11 is 13.0. The molecule has 0 fully saturated rings. The molecule has 0 aliphatic heterocycles. The zero-order valence-corrected chi connectivity index (χ0v) is 13.4. The van der Waals surface area contributed by atoms with E-state index in [0.717, 1.165) is 11.3 Å². The van der Waals surface area contributed by atoms with Gasteiger partial charge in [0.15, 0.2) is 5.13 Å². The van der Waals surface area contributed by atoms with Crippen molar-refractivity contribution in [1.82, 2.24) is 9.97 Å². The Morgan fingerprint density at radius 2 is 1.91 bits per heavy atom. The molecule has 1 N–H and O–H groups in total. The highest BCUT2D eigenvalue weighted by Crippen LogP contribution is 2.26. The first-order chi connectivity index (χ1) is 10.6. The number of hydrogen-bond acceptors (Lipinski definition) is 4. The lowest BCUT2D eigenvalue weighted by atomic mass is 10.2. The Kier molecular flexibility index (Phi) is 4.38. The van der Waals surface area contributed by atoms with E-state index in [1.165, 1.54) is 23.6 Å². The summed E-state index contributed by atoms with van der Waals surface area (Å²) in [6.45, 7) is 0. The zero-order chi connectivity index (χ0) is 15.5. The second kappa shape index (κ2) is 6.44. The third-order valence-corrected chi connectivity index (χ3v) is 4.07. The Balaban J connectivity index is 1.77. The fourth-order valence-corrected chi connectivity index (χ4v) is 2.81. The van der Waals surface area contributed by atoms with E-state index in [4.69, 9.17) is 23.2 Å². The summed E-state index contributed by atoms with van der Waals surface area (Å²) in [6.07, 6.45) is 1.48. The molecule has 0 aliphatic carbocycles. The molecular formula is C15H9Cl2N3OS. The number of aromatic nitrogens is 2. The molecule has 2 aromatic heterocycles. The number of nitrogens with zero attached hydrogens (tertiary/aromatic N) is 2. The molecule has 22 heavy (non-hydrogen) atoms. The van der Waals surface area contributed by atoms with Crippen LogP contribution in [0.4, 0.5) is 5.13 Å². The number of carbonyl (C=O) groups is 1. The van der Waals surface area contributed by atoms with Crippen LogP contribution in [-0.4, -0.2) is 15.9 Å². The summed E-state index contributed by atoms with van der Waals surface area (Å²) < 4.78 is 0. The van der Waals surface area contributed by atoms with Crippen LogP contribution in [-0.2, 0) is 0 Å². The minimum atomic E-state index is -0.277. The van der Waals surface area contributed by atoms with Gasteiger partial charge in [0.1, 0.15) is 5.15 Å². The van der Waals surface area contributed by atoms with Crippen molar-refractivity contribution in [2.24, 2.45) is 0 Å². The molecule has 0 aliphatic rings. The molecule has 0 bridgehead atoms. The first-order valence-corrected chi connectivity index (χ1v) is 7.90. The molecule has 1 aromatic carbocycles. The van der Waals surface area contributed by atoms with Gasteiger partial charge in [0.25, 0.3) is 5.91 Å². The van der Waals surface area contributed by atoms with Gasteiger partial charge in [0.05, 0.1) is 5.69 Å². The Morgan fingerprint density at radius 1 is 1.14 bits per heavy atom. The summed E-state index contributed by atoms with van der Waals surface area (Å²) in [5.41, 5.74) is 2.15. The molecule has 0 saturated heterocycles. The summed E-state index contributed by atoms with van der Waals surface area (Å²) in [7, 11) is 0. The van der Waals surface area contributed by atoms with Gasteiger partial charge in [-0.15, -0.1) is 11.3 Å². The van der Waals surface area contributed by atoms with Crippen LogP contribution in [0, 0.1) is 0 Å². The van der Waals surface area contributed by atoms with Crippen molar-refractivity contribution in [2.45, 2.75) is 0 Å². The summed E-state index contributed by atoms with van der Waals surface area (Å²) in [4.78, 5) is 20.3. The van der Waals surface area contributed by atoms with Crippen molar-refractivity contribution in [2.75, 3.05) is 5.32 Å². The van der Waals surface area contributed by atoms with Crippen molar-refractivity contribution >= 4 is 45.6 Å². The first-order valence-electron chi connectivity index (χ1n) is 6.26. The van der Waals surface area contributed by atoms with Gasteiger partial charge >= 0.3 is 0 Å². The number of anilines is 1. The standard InChI is InChI=1S/C15H9Cl2N3OS/c16-11-3-1-9(2-4-11)12-8-22-15(19-12)20-14(21)10-5-6-18-13(17)7-10/h1-8H,(H,19,20,21). The van der Waals surface area contributed by atoms with Gasteiger partial charge in [0.2, 0.25) is 0 Å². The van der Waals surface area contributed by atoms with E-state index < -0.39 is 0 Å². The average Bonchev–Trinajstić information content (AvgIpc) is 2.96. The quantitative estimate of drug-likeness (QED) is 0.693. The Bertz CT molecular complexity index is 818. The number of halogens is 2. The Morgan fingerprint density at radius 3 is 2.64 bits per heavy atom. The number of benzene rings is 1.